The van der Waals surface area contributed by atoms with Gasteiger partial charge in [0.2, 0.25) is 11.6 Å². The molecule has 0 saturated carbocycles. The van der Waals surface area contributed by atoms with E-state index in [0.717, 1.165) is 13.1 Å². The number of anilines is 1. The van der Waals surface area contributed by atoms with Gasteiger partial charge in [-0.15, -0.1) is 0 Å². The number of furan rings is 1. The van der Waals surface area contributed by atoms with Crippen molar-refractivity contribution in [3.63, 3.8) is 0 Å². The summed E-state index contributed by atoms with van der Waals surface area (Å²) in [5, 5.41) is 9.28. The number of hydrogen-bond acceptors (Lipinski definition) is 5. The summed E-state index contributed by atoms with van der Waals surface area (Å²) < 4.78 is 11.0. The Balaban J connectivity index is 1.72. The molecule has 5 nitrogen and oxygen atoms in total. The van der Waals surface area contributed by atoms with Gasteiger partial charge in [-0.2, -0.15) is 10.2 Å². The molecule has 5 heteroatoms. The fraction of sp³-hybridized carbons (Fsp3) is 0.125. The third kappa shape index (κ3) is 1.89. The topological polar surface area (TPSA) is 66.2 Å². The molecule has 3 heterocycles. The molecule has 0 N–H and O–H groups in total. The maximum atomic E-state index is 9.28. The van der Waals surface area contributed by atoms with Crippen LogP contribution < -0.4 is 4.90 Å². The molecule has 0 spiro atoms. The van der Waals surface area contributed by atoms with Gasteiger partial charge in [0.1, 0.15) is 6.07 Å². The van der Waals surface area contributed by atoms with Crippen molar-refractivity contribution in [2.75, 3.05) is 4.90 Å². The largest absolute Gasteiger partial charge is 0.459 e. The fourth-order valence-electron chi connectivity index (χ4n) is 2.58. The minimum atomic E-state index is 0.286. The first-order valence-corrected chi connectivity index (χ1v) is 6.61. The number of hydrogen-bond donors (Lipinski definition) is 0. The lowest BCUT2D eigenvalue weighted by atomic mass is 10.1. The SMILES string of the molecule is N#Cc1nc(-c2ccco2)oc1N1Cc2ccccc2C1. The van der Waals surface area contributed by atoms with Gasteiger partial charge in [0.15, 0.2) is 5.76 Å². The molecule has 0 amide bonds. The Morgan fingerprint density at radius 2 is 1.86 bits per heavy atom. The molecule has 1 aromatic carbocycles. The third-order valence-corrected chi connectivity index (χ3v) is 3.58. The van der Waals surface area contributed by atoms with E-state index in [1.54, 1.807) is 18.4 Å². The van der Waals surface area contributed by atoms with Gasteiger partial charge in [0.05, 0.1) is 6.26 Å². The first kappa shape index (κ1) is 11.8. The summed E-state index contributed by atoms with van der Waals surface area (Å²) in [5.74, 6) is 1.36. The summed E-state index contributed by atoms with van der Waals surface area (Å²) in [6.07, 6.45) is 1.55. The molecule has 102 valence electrons. The summed E-state index contributed by atoms with van der Waals surface area (Å²) >= 11 is 0. The summed E-state index contributed by atoms with van der Waals surface area (Å²) in [6.45, 7) is 1.44. The standard InChI is InChI=1S/C16H11N3O2/c17-8-13-16(21-15(18-13)14-6-3-7-20-14)19-9-11-4-1-2-5-12(11)10-19/h1-7H,9-10H2. The Morgan fingerprint density at radius 1 is 1.10 bits per heavy atom. The number of oxazole rings is 1. The second-order valence-corrected chi connectivity index (χ2v) is 4.89. The van der Waals surface area contributed by atoms with Gasteiger partial charge < -0.3 is 13.7 Å². The molecule has 0 atom stereocenters. The van der Waals surface area contributed by atoms with Crippen LogP contribution in [0.15, 0.2) is 51.5 Å². The van der Waals surface area contributed by atoms with Crippen LogP contribution in [0.2, 0.25) is 0 Å². The maximum absolute atomic E-state index is 9.28. The van der Waals surface area contributed by atoms with Crippen LogP contribution in [0, 0.1) is 11.3 Å². The minimum Gasteiger partial charge on any atom is -0.459 e. The van der Waals surface area contributed by atoms with Crippen molar-refractivity contribution >= 4 is 5.88 Å². The molecule has 0 fully saturated rings. The van der Waals surface area contributed by atoms with Gasteiger partial charge in [-0.05, 0) is 23.3 Å². The second kappa shape index (κ2) is 4.53. The van der Waals surface area contributed by atoms with Gasteiger partial charge in [-0.3, -0.25) is 0 Å². The number of nitrogens with zero attached hydrogens (tertiary/aromatic N) is 3. The van der Waals surface area contributed by atoms with Crippen molar-refractivity contribution in [2.45, 2.75) is 13.1 Å². The zero-order chi connectivity index (χ0) is 14.2. The van der Waals surface area contributed by atoms with E-state index in [2.05, 4.69) is 23.2 Å². The Labute approximate surface area is 121 Å². The van der Waals surface area contributed by atoms with Crippen LogP contribution in [-0.2, 0) is 13.1 Å². The third-order valence-electron chi connectivity index (χ3n) is 3.58. The van der Waals surface area contributed by atoms with Crippen molar-refractivity contribution in [3.8, 4) is 17.7 Å². The van der Waals surface area contributed by atoms with E-state index in [-0.39, 0.29) is 5.69 Å². The molecule has 1 aliphatic rings. The van der Waals surface area contributed by atoms with Gasteiger partial charge >= 0.3 is 0 Å². The lowest BCUT2D eigenvalue weighted by molar-refractivity contribution is 0.510. The van der Waals surface area contributed by atoms with E-state index in [4.69, 9.17) is 8.83 Å². The fourth-order valence-corrected chi connectivity index (χ4v) is 2.58. The van der Waals surface area contributed by atoms with Crippen molar-refractivity contribution in [2.24, 2.45) is 0 Å². The van der Waals surface area contributed by atoms with Crippen LogP contribution in [0.5, 0.6) is 0 Å². The molecule has 0 saturated heterocycles. The van der Waals surface area contributed by atoms with E-state index in [0.29, 0.717) is 17.5 Å². The number of rotatable bonds is 2. The van der Waals surface area contributed by atoms with Crippen LogP contribution in [0.1, 0.15) is 16.8 Å². The lowest BCUT2D eigenvalue weighted by Crippen LogP contribution is -2.14. The molecule has 4 rings (SSSR count). The number of aromatic nitrogens is 1. The highest BCUT2D eigenvalue weighted by molar-refractivity contribution is 5.57. The van der Waals surface area contributed by atoms with E-state index < -0.39 is 0 Å². The van der Waals surface area contributed by atoms with Crippen molar-refractivity contribution in [3.05, 3.63) is 59.5 Å². The predicted molar refractivity (Wildman–Crippen MR) is 75.2 cm³/mol. The Bertz CT molecular complexity index is 803. The molecule has 0 unspecified atom stereocenters. The van der Waals surface area contributed by atoms with E-state index >= 15 is 0 Å². The van der Waals surface area contributed by atoms with Crippen LogP contribution >= 0.6 is 0 Å². The molecule has 0 radical (unpaired) electrons. The minimum absolute atomic E-state index is 0.286. The van der Waals surface area contributed by atoms with Crippen LogP contribution in [0.3, 0.4) is 0 Å². The maximum Gasteiger partial charge on any atom is 0.266 e. The molecule has 21 heavy (non-hydrogen) atoms. The molecular formula is C16H11N3O2. The van der Waals surface area contributed by atoms with Gasteiger partial charge in [0, 0.05) is 13.1 Å². The first-order chi connectivity index (χ1) is 10.3. The Morgan fingerprint density at radius 3 is 2.48 bits per heavy atom. The van der Waals surface area contributed by atoms with Crippen molar-refractivity contribution in [1.82, 2.24) is 4.98 Å². The smallest absolute Gasteiger partial charge is 0.266 e. The second-order valence-electron chi connectivity index (χ2n) is 4.89. The summed E-state index contributed by atoms with van der Waals surface area (Å²) in [6, 6.07) is 13.8. The highest BCUT2D eigenvalue weighted by atomic mass is 16.4. The average Bonchev–Trinajstić information content (AvgIpc) is 3.24. The van der Waals surface area contributed by atoms with Crippen molar-refractivity contribution in [1.29, 1.82) is 5.26 Å². The zero-order valence-electron chi connectivity index (χ0n) is 11.1. The average molecular weight is 277 g/mol. The number of fused-ring (bicyclic) bond motifs is 1. The molecule has 0 bridgehead atoms. The Hall–Kier alpha value is -3.00. The highest BCUT2D eigenvalue weighted by Gasteiger charge is 2.26. The van der Waals surface area contributed by atoms with E-state index in [1.807, 2.05) is 17.0 Å². The monoisotopic (exact) mass is 277 g/mol. The van der Waals surface area contributed by atoms with Crippen LogP contribution in [-0.4, -0.2) is 4.98 Å². The molecular weight excluding hydrogens is 266 g/mol. The summed E-state index contributed by atoms with van der Waals surface area (Å²) in [7, 11) is 0. The van der Waals surface area contributed by atoms with Crippen LogP contribution in [0.4, 0.5) is 5.88 Å². The van der Waals surface area contributed by atoms with Gasteiger partial charge in [-0.1, -0.05) is 24.3 Å². The van der Waals surface area contributed by atoms with Gasteiger partial charge in [0.25, 0.3) is 5.89 Å². The first-order valence-electron chi connectivity index (χ1n) is 6.61. The quantitative estimate of drug-likeness (QED) is 0.718. The molecule has 1 aliphatic heterocycles. The number of benzene rings is 1. The molecule has 0 aliphatic carbocycles. The Kier molecular flexibility index (Phi) is 2.54. The number of nitriles is 1. The highest BCUT2D eigenvalue weighted by Crippen LogP contribution is 2.33. The van der Waals surface area contributed by atoms with Gasteiger partial charge in [-0.25, -0.2) is 0 Å². The summed E-state index contributed by atoms with van der Waals surface area (Å²) in [5.41, 5.74) is 2.78. The molecule has 2 aromatic heterocycles. The zero-order valence-corrected chi connectivity index (χ0v) is 11.1. The molecule has 3 aromatic rings. The van der Waals surface area contributed by atoms with Crippen LogP contribution in [0.25, 0.3) is 11.7 Å². The normalized spacial score (nSPS) is 13.2. The van der Waals surface area contributed by atoms with E-state index in [9.17, 15) is 5.26 Å². The summed E-state index contributed by atoms with van der Waals surface area (Å²) in [4.78, 5) is 6.23. The lowest BCUT2D eigenvalue weighted by Gasteiger charge is -2.13. The van der Waals surface area contributed by atoms with Crippen molar-refractivity contribution < 1.29 is 8.83 Å². The predicted octanol–water partition coefficient (Wildman–Crippen LogP) is 3.33. The van der Waals surface area contributed by atoms with E-state index in [1.165, 1.54) is 11.1 Å².